The number of piperidine rings is 1. The summed E-state index contributed by atoms with van der Waals surface area (Å²) in [4.78, 5) is 23.6. The van der Waals surface area contributed by atoms with Crippen molar-refractivity contribution in [3.63, 3.8) is 0 Å². The molecule has 2 fully saturated rings. The monoisotopic (exact) mass is 340 g/mol. The number of pyridine rings is 1. The van der Waals surface area contributed by atoms with Crippen LogP contribution in [0.3, 0.4) is 0 Å². The van der Waals surface area contributed by atoms with E-state index in [1.54, 1.807) is 6.20 Å². The zero-order valence-electron chi connectivity index (χ0n) is 14.8. The summed E-state index contributed by atoms with van der Waals surface area (Å²) in [6.07, 6.45) is 6.59. The zero-order valence-corrected chi connectivity index (χ0v) is 14.8. The van der Waals surface area contributed by atoms with Crippen LogP contribution in [0.4, 0.5) is 0 Å². The third-order valence-corrected chi connectivity index (χ3v) is 5.27. The first-order valence-electron chi connectivity index (χ1n) is 9.15. The van der Waals surface area contributed by atoms with Gasteiger partial charge in [-0.05, 0) is 36.8 Å². The molecule has 1 saturated carbocycles. The van der Waals surface area contributed by atoms with E-state index in [1.165, 1.54) is 5.56 Å². The zero-order chi connectivity index (χ0) is 17.4. The van der Waals surface area contributed by atoms with Gasteiger partial charge in [0.1, 0.15) is 0 Å². The molecule has 0 unspecified atom stereocenters. The molecule has 4 rings (SSSR count). The molecule has 25 heavy (non-hydrogen) atoms. The van der Waals surface area contributed by atoms with Crippen molar-refractivity contribution in [1.82, 2.24) is 20.0 Å². The summed E-state index contributed by atoms with van der Waals surface area (Å²) in [6, 6.07) is 4.01. The molecule has 0 radical (unpaired) electrons. The highest BCUT2D eigenvalue weighted by Gasteiger charge is 2.46. The third kappa shape index (κ3) is 3.30. The molecule has 6 nitrogen and oxygen atoms in total. The molecule has 0 N–H and O–H groups in total. The Hall–Kier alpha value is -2.24. The Morgan fingerprint density at radius 3 is 3.00 bits per heavy atom. The molecule has 0 bridgehead atoms. The van der Waals surface area contributed by atoms with E-state index in [2.05, 4.69) is 21.2 Å². The Kier molecular flexibility index (Phi) is 4.27. The molecule has 132 valence electrons. The minimum Gasteiger partial charge on any atom is -0.342 e. The van der Waals surface area contributed by atoms with Crippen LogP contribution in [0.25, 0.3) is 0 Å². The lowest BCUT2D eigenvalue weighted by molar-refractivity contribution is -0.133. The van der Waals surface area contributed by atoms with Crippen molar-refractivity contribution >= 4 is 5.91 Å². The van der Waals surface area contributed by atoms with Gasteiger partial charge in [0.05, 0.1) is 0 Å². The van der Waals surface area contributed by atoms with Crippen LogP contribution in [0.15, 0.2) is 29.0 Å². The van der Waals surface area contributed by atoms with Crippen LogP contribution in [-0.2, 0) is 4.79 Å². The first-order chi connectivity index (χ1) is 12.1. The van der Waals surface area contributed by atoms with Gasteiger partial charge >= 0.3 is 0 Å². The maximum Gasteiger partial charge on any atom is 0.229 e. The summed E-state index contributed by atoms with van der Waals surface area (Å²) in [5, 5.41) is 4.15. The molecular weight excluding hydrogens is 316 g/mol. The van der Waals surface area contributed by atoms with Crippen LogP contribution in [0.2, 0.25) is 0 Å². The van der Waals surface area contributed by atoms with Gasteiger partial charge < -0.3 is 9.42 Å². The molecular formula is C19H24N4O2. The number of aromatic nitrogens is 3. The molecule has 0 aromatic carbocycles. The minimum atomic E-state index is 0.111. The predicted molar refractivity (Wildman–Crippen MR) is 92.0 cm³/mol. The van der Waals surface area contributed by atoms with Gasteiger partial charge in [-0.2, -0.15) is 4.98 Å². The molecule has 1 amide bonds. The molecule has 1 aliphatic carbocycles. The van der Waals surface area contributed by atoms with Gasteiger partial charge in [-0.1, -0.05) is 25.1 Å². The normalized spacial score (nSPS) is 26.0. The highest BCUT2D eigenvalue weighted by atomic mass is 16.5. The number of rotatable bonds is 4. The fourth-order valence-corrected chi connectivity index (χ4v) is 3.70. The molecule has 2 aliphatic rings. The molecule has 0 spiro atoms. The summed E-state index contributed by atoms with van der Waals surface area (Å²) >= 11 is 0. The largest absolute Gasteiger partial charge is 0.342 e. The first kappa shape index (κ1) is 16.2. The second kappa shape index (κ2) is 6.58. The molecule has 6 heteroatoms. The van der Waals surface area contributed by atoms with E-state index < -0.39 is 0 Å². The molecule has 1 saturated heterocycles. The van der Waals surface area contributed by atoms with Crippen molar-refractivity contribution in [1.29, 1.82) is 0 Å². The van der Waals surface area contributed by atoms with Crippen molar-refractivity contribution in [2.75, 3.05) is 13.1 Å². The molecule has 3 atom stereocenters. The standard InChI is InChI=1S/C19H24N4O2/c1-12(2)18-21-17(22-25-18)14-6-4-8-23(11-14)19(24)16-9-15(16)13-5-3-7-20-10-13/h3,5,7,10,12,14-16H,4,6,8-9,11H2,1-2H3/t14-,15+,16-/m1/s1. The van der Waals surface area contributed by atoms with Crippen molar-refractivity contribution in [2.45, 2.75) is 50.9 Å². The van der Waals surface area contributed by atoms with E-state index in [-0.39, 0.29) is 23.7 Å². The summed E-state index contributed by atoms with van der Waals surface area (Å²) in [5.41, 5.74) is 1.18. The van der Waals surface area contributed by atoms with Gasteiger partial charge in [0, 0.05) is 43.2 Å². The number of carbonyl (C=O) groups is 1. The van der Waals surface area contributed by atoms with Gasteiger partial charge in [-0.25, -0.2) is 0 Å². The second-order valence-electron chi connectivity index (χ2n) is 7.50. The second-order valence-corrected chi connectivity index (χ2v) is 7.50. The number of hydrogen-bond acceptors (Lipinski definition) is 5. The quantitative estimate of drug-likeness (QED) is 0.855. The van der Waals surface area contributed by atoms with Gasteiger partial charge in [0.15, 0.2) is 5.82 Å². The Balaban J connectivity index is 1.40. The van der Waals surface area contributed by atoms with Crippen molar-refractivity contribution in [3.05, 3.63) is 41.8 Å². The number of likely N-dealkylation sites (tertiary alicyclic amines) is 1. The van der Waals surface area contributed by atoms with E-state index in [9.17, 15) is 4.79 Å². The number of amides is 1. The molecule has 2 aromatic rings. The van der Waals surface area contributed by atoms with Gasteiger partial charge in [-0.3, -0.25) is 9.78 Å². The van der Waals surface area contributed by atoms with Gasteiger partial charge in [0.2, 0.25) is 11.8 Å². The Morgan fingerprint density at radius 1 is 1.40 bits per heavy atom. The van der Waals surface area contributed by atoms with E-state index in [0.717, 1.165) is 31.6 Å². The van der Waals surface area contributed by atoms with Gasteiger partial charge in [-0.15, -0.1) is 0 Å². The van der Waals surface area contributed by atoms with Crippen molar-refractivity contribution in [2.24, 2.45) is 5.92 Å². The van der Waals surface area contributed by atoms with Crippen LogP contribution in [0.1, 0.15) is 68.1 Å². The van der Waals surface area contributed by atoms with Crippen LogP contribution >= 0.6 is 0 Å². The number of hydrogen-bond donors (Lipinski definition) is 0. The third-order valence-electron chi connectivity index (χ3n) is 5.27. The molecule has 1 aliphatic heterocycles. The van der Waals surface area contributed by atoms with Crippen molar-refractivity contribution < 1.29 is 9.32 Å². The lowest BCUT2D eigenvalue weighted by Gasteiger charge is -2.31. The fraction of sp³-hybridized carbons (Fsp3) is 0.579. The lowest BCUT2D eigenvalue weighted by Crippen LogP contribution is -2.40. The Bertz CT molecular complexity index is 743. The van der Waals surface area contributed by atoms with Gasteiger partial charge in [0.25, 0.3) is 0 Å². The average molecular weight is 340 g/mol. The summed E-state index contributed by atoms with van der Waals surface area (Å²) in [5.74, 6) is 2.56. The minimum absolute atomic E-state index is 0.111. The molecule has 3 heterocycles. The van der Waals surface area contributed by atoms with E-state index >= 15 is 0 Å². The maximum absolute atomic E-state index is 12.9. The van der Waals surface area contributed by atoms with Crippen LogP contribution in [-0.4, -0.2) is 39.0 Å². The van der Waals surface area contributed by atoms with Crippen molar-refractivity contribution in [3.8, 4) is 0 Å². The van der Waals surface area contributed by atoms with E-state index in [4.69, 9.17) is 4.52 Å². The SMILES string of the molecule is CC(C)c1nc([C@@H]2CCCN(C(=O)[C@@H]3C[C@H]3c3cccnc3)C2)no1. The fourth-order valence-electron chi connectivity index (χ4n) is 3.70. The Labute approximate surface area is 147 Å². The smallest absolute Gasteiger partial charge is 0.229 e. The first-order valence-corrected chi connectivity index (χ1v) is 9.15. The number of carbonyl (C=O) groups excluding carboxylic acids is 1. The van der Waals surface area contributed by atoms with Crippen LogP contribution in [0, 0.1) is 5.92 Å². The summed E-state index contributed by atoms with van der Waals surface area (Å²) < 4.78 is 5.34. The molecule has 2 aromatic heterocycles. The Morgan fingerprint density at radius 2 is 2.28 bits per heavy atom. The summed E-state index contributed by atoms with van der Waals surface area (Å²) in [7, 11) is 0. The lowest BCUT2D eigenvalue weighted by atomic mass is 9.96. The van der Waals surface area contributed by atoms with Crippen LogP contribution in [0.5, 0.6) is 0 Å². The van der Waals surface area contributed by atoms with Crippen LogP contribution < -0.4 is 0 Å². The van der Waals surface area contributed by atoms with E-state index in [1.807, 2.05) is 31.0 Å². The highest BCUT2D eigenvalue weighted by Crippen LogP contribution is 2.48. The topological polar surface area (TPSA) is 72.1 Å². The highest BCUT2D eigenvalue weighted by molar-refractivity contribution is 5.83. The number of nitrogens with zero attached hydrogens (tertiary/aromatic N) is 4. The predicted octanol–water partition coefficient (Wildman–Crippen LogP) is 3.10. The maximum atomic E-state index is 12.9. The summed E-state index contributed by atoms with van der Waals surface area (Å²) in [6.45, 7) is 5.62. The average Bonchev–Trinajstić information content (AvgIpc) is 3.29. The van der Waals surface area contributed by atoms with E-state index in [0.29, 0.717) is 18.4 Å².